The molecule has 12 heavy (non-hydrogen) atoms. The molecule has 1 heterocycles. The molecule has 0 aliphatic carbocycles. The Hall–Kier alpha value is -0.170. The number of thiophene rings is 1. The third-order valence-electron chi connectivity index (χ3n) is 2.26. The van der Waals surface area contributed by atoms with Crippen LogP contribution < -0.4 is 10.9 Å². The number of rotatable bonds is 5. The average Bonchev–Trinajstić information content (AvgIpc) is 2.52. The highest BCUT2D eigenvalue weighted by Gasteiger charge is 2.02. The lowest BCUT2D eigenvalue weighted by molar-refractivity contribution is 0.881. The van der Waals surface area contributed by atoms with Crippen molar-refractivity contribution >= 4 is 36.8 Å². The highest BCUT2D eigenvalue weighted by atomic mass is 32.1. The summed E-state index contributed by atoms with van der Waals surface area (Å²) in [6.07, 6.45) is 4.06. The van der Waals surface area contributed by atoms with Gasteiger partial charge in [0.2, 0.25) is 0 Å². The molecule has 64 valence electrons. The van der Waals surface area contributed by atoms with Crippen LogP contribution >= 0.6 is 11.3 Å². The van der Waals surface area contributed by atoms with Crippen LogP contribution in [-0.4, -0.2) is 14.6 Å². The molecule has 0 aliphatic rings. The van der Waals surface area contributed by atoms with Gasteiger partial charge in [0.1, 0.15) is 0 Å². The van der Waals surface area contributed by atoms with E-state index in [-0.39, 0.29) is 0 Å². The largest absolute Gasteiger partial charge is 0.158 e. The van der Waals surface area contributed by atoms with Gasteiger partial charge in [-0.3, -0.25) is 0 Å². The SMILES string of the molecule is CBc1cscc1BCCCC. The second-order valence-corrected chi connectivity index (χ2v) is 3.98. The highest BCUT2D eigenvalue weighted by Crippen LogP contribution is 1.96. The molecule has 0 aromatic carbocycles. The van der Waals surface area contributed by atoms with E-state index in [1.54, 1.807) is 10.9 Å². The Morgan fingerprint density at radius 1 is 1.33 bits per heavy atom. The maximum atomic E-state index is 2.31. The van der Waals surface area contributed by atoms with E-state index in [1.165, 1.54) is 33.7 Å². The van der Waals surface area contributed by atoms with Crippen LogP contribution in [0.2, 0.25) is 13.1 Å². The topological polar surface area (TPSA) is 0 Å². The van der Waals surface area contributed by atoms with Crippen LogP contribution in [0.3, 0.4) is 0 Å². The van der Waals surface area contributed by atoms with Crippen molar-refractivity contribution in [2.75, 3.05) is 0 Å². The zero-order chi connectivity index (χ0) is 8.81. The Bertz CT molecular complexity index is 220. The molecular weight excluding hydrogens is 162 g/mol. The Kier molecular flexibility index (Phi) is 4.52. The van der Waals surface area contributed by atoms with Gasteiger partial charge in [-0.2, -0.15) is 11.3 Å². The van der Waals surface area contributed by atoms with Crippen molar-refractivity contribution in [2.45, 2.75) is 32.9 Å². The number of hydrogen-bond acceptors (Lipinski definition) is 1. The van der Waals surface area contributed by atoms with Crippen molar-refractivity contribution in [2.24, 2.45) is 0 Å². The van der Waals surface area contributed by atoms with Gasteiger partial charge in [-0.05, 0) is 10.8 Å². The summed E-state index contributed by atoms with van der Waals surface area (Å²) in [7, 11) is 2.49. The molecule has 0 radical (unpaired) electrons. The van der Waals surface area contributed by atoms with Crippen LogP contribution in [-0.2, 0) is 0 Å². The summed E-state index contributed by atoms with van der Waals surface area (Å²) in [6.45, 7) is 4.50. The predicted molar refractivity (Wildman–Crippen MR) is 63.5 cm³/mol. The fourth-order valence-electron chi connectivity index (χ4n) is 1.44. The highest BCUT2D eigenvalue weighted by molar-refractivity contribution is 7.10. The van der Waals surface area contributed by atoms with E-state index in [0.717, 1.165) is 0 Å². The Morgan fingerprint density at radius 2 is 2.08 bits per heavy atom. The first kappa shape index (κ1) is 9.91. The summed E-state index contributed by atoms with van der Waals surface area (Å²) in [4.78, 5) is 0. The van der Waals surface area contributed by atoms with Gasteiger partial charge in [0.05, 0.1) is 0 Å². The lowest BCUT2D eigenvalue weighted by atomic mass is 9.59. The molecule has 0 fully saturated rings. The van der Waals surface area contributed by atoms with Crippen molar-refractivity contribution in [3.8, 4) is 0 Å². The zero-order valence-electron chi connectivity index (χ0n) is 8.10. The summed E-state index contributed by atoms with van der Waals surface area (Å²) >= 11 is 1.85. The van der Waals surface area contributed by atoms with Gasteiger partial charge in [0.25, 0.3) is 0 Å². The van der Waals surface area contributed by atoms with Crippen LogP contribution in [0, 0.1) is 0 Å². The lowest BCUT2D eigenvalue weighted by Crippen LogP contribution is -2.31. The first-order chi connectivity index (χ1) is 5.88. The van der Waals surface area contributed by atoms with Crippen LogP contribution in [0.25, 0.3) is 0 Å². The summed E-state index contributed by atoms with van der Waals surface area (Å²) in [5, 5.41) is 4.61. The van der Waals surface area contributed by atoms with Crippen LogP contribution in [0.5, 0.6) is 0 Å². The standard InChI is InChI=1S/C9H16B2S/c1-3-4-5-11-9-7-12-6-8(9)10-2/h6-7,10-11H,3-5H2,1-2H3. The number of unbranched alkanes of at least 4 members (excludes halogenated alkanes) is 1. The molecule has 0 nitrogen and oxygen atoms in total. The molecule has 0 bridgehead atoms. The fraction of sp³-hybridized carbons (Fsp3) is 0.556. The molecule has 0 atom stereocenters. The first-order valence-corrected chi connectivity index (χ1v) is 5.86. The van der Waals surface area contributed by atoms with E-state index < -0.39 is 0 Å². The van der Waals surface area contributed by atoms with E-state index in [2.05, 4.69) is 24.5 Å². The summed E-state index contributed by atoms with van der Waals surface area (Å²) in [5.41, 5.74) is 3.16. The normalized spacial score (nSPS) is 9.83. The molecule has 0 N–H and O–H groups in total. The molecular formula is C9H16B2S. The van der Waals surface area contributed by atoms with Crippen molar-refractivity contribution in [1.29, 1.82) is 0 Å². The van der Waals surface area contributed by atoms with Gasteiger partial charge in [-0.25, -0.2) is 0 Å². The molecule has 0 saturated carbocycles. The van der Waals surface area contributed by atoms with E-state index >= 15 is 0 Å². The Morgan fingerprint density at radius 3 is 2.75 bits per heavy atom. The lowest BCUT2D eigenvalue weighted by Gasteiger charge is -1.97. The Labute approximate surface area is 80.9 Å². The van der Waals surface area contributed by atoms with E-state index in [0.29, 0.717) is 0 Å². The monoisotopic (exact) mass is 178 g/mol. The summed E-state index contributed by atoms with van der Waals surface area (Å²) < 4.78 is 0. The molecule has 0 amide bonds. The Balaban J connectivity index is 2.39. The second-order valence-electron chi connectivity index (χ2n) is 3.23. The minimum absolute atomic E-state index is 1.20. The molecule has 1 aromatic rings. The first-order valence-electron chi connectivity index (χ1n) is 4.92. The third-order valence-corrected chi connectivity index (χ3v) is 3.10. The maximum Gasteiger partial charge on any atom is 0.158 e. The fourth-order valence-corrected chi connectivity index (χ4v) is 2.43. The van der Waals surface area contributed by atoms with Gasteiger partial charge in [-0.1, -0.05) is 43.8 Å². The molecule has 0 unspecified atom stereocenters. The zero-order valence-corrected chi connectivity index (χ0v) is 8.91. The minimum atomic E-state index is 1.20. The average molecular weight is 178 g/mol. The van der Waals surface area contributed by atoms with Crippen molar-refractivity contribution in [1.82, 2.24) is 0 Å². The van der Waals surface area contributed by atoms with Crippen LogP contribution in [0.15, 0.2) is 10.8 Å². The van der Waals surface area contributed by atoms with E-state index in [1.807, 2.05) is 11.3 Å². The van der Waals surface area contributed by atoms with Gasteiger partial charge < -0.3 is 0 Å². The molecule has 0 aliphatic heterocycles. The summed E-state index contributed by atoms with van der Waals surface area (Å²) in [6, 6.07) is 0. The van der Waals surface area contributed by atoms with Crippen LogP contribution in [0.1, 0.15) is 19.8 Å². The quantitative estimate of drug-likeness (QED) is 0.468. The third kappa shape index (κ3) is 2.71. The van der Waals surface area contributed by atoms with Gasteiger partial charge in [-0.15, -0.1) is 0 Å². The summed E-state index contributed by atoms with van der Waals surface area (Å²) in [5.74, 6) is 0. The predicted octanol–water partition coefficient (Wildman–Crippen LogP) is 1.14. The molecule has 0 saturated heterocycles. The second kappa shape index (κ2) is 5.47. The van der Waals surface area contributed by atoms with E-state index in [4.69, 9.17) is 0 Å². The van der Waals surface area contributed by atoms with E-state index in [9.17, 15) is 0 Å². The van der Waals surface area contributed by atoms with Crippen molar-refractivity contribution in [3.05, 3.63) is 10.8 Å². The van der Waals surface area contributed by atoms with Gasteiger partial charge in [0.15, 0.2) is 14.6 Å². The molecule has 0 spiro atoms. The van der Waals surface area contributed by atoms with Gasteiger partial charge >= 0.3 is 0 Å². The van der Waals surface area contributed by atoms with Crippen molar-refractivity contribution < 1.29 is 0 Å². The minimum Gasteiger partial charge on any atom is -0.154 e. The number of hydrogen-bond donors (Lipinski definition) is 0. The van der Waals surface area contributed by atoms with Crippen LogP contribution in [0.4, 0.5) is 0 Å². The smallest absolute Gasteiger partial charge is 0.154 e. The van der Waals surface area contributed by atoms with Gasteiger partial charge in [0, 0.05) is 0 Å². The molecule has 1 aromatic heterocycles. The molecule has 3 heteroatoms. The maximum absolute atomic E-state index is 2.31. The molecule has 1 rings (SSSR count). The van der Waals surface area contributed by atoms with Crippen molar-refractivity contribution in [3.63, 3.8) is 0 Å².